The molecule has 2 heterocycles. The van der Waals surface area contributed by atoms with E-state index in [0.717, 1.165) is 15.6 Å². The quantitative estimate of drug-likeness (QED) is 0.0805. The first-order valence-corrected chi connectivity index (χ1v) is 14.0. The van der Waals surface area contributed by atoms with Crippen molar-refractivity contribution in [1.29, 1.82) is 0 Å². The third-order valence-electron chi connectivity index (χ3n) is 5.97. The minimum absolute atomic E-state index is 0.0665. The number of esters is 1. The fraction of sp³-hybridized carbons (Fsp3) is 0.0968. The number of hydrogen-bond donors (Lipinski definition) is 2. The molecule has 9 nitrogen and oxygen atoms in total. The summed E-state index contributed by atoms with van der Waals surface area (Å²) in [4.78, 5) is 38.1. The normalized spacial score (nSPS) is 11.0. The van der Waals surface area contributed by atoms with E-state index in [9.17, 15) is 14.4 Å². The van der Waals surface area contributed by atoms with Gasteiger partial charge in [0, 0.05) is 21.3 Å². The Morgan fingerprint density at radius 2 is 1.81 bits per heavy atom. The molecule has 2 N–H and O–H groups in total. The number of hydrazone groups is 1. The highest BCUT2D eigenvalue weighted by Crippen LogP contribution is 2.36. The van der Waals surface area contributed by atoms with Gasteiger partial charge >= 0.3 is 5.97 Å². The van der Waals surface area contributed by atoms with Crippen molar-refractivity contribution in [2.45, 2.75) is 13.8 Å². The topological polar surface area (TPSA) is 119 Å². The van der Waals surface area contributed by atoms with E-state index in [4.69, 9.17) is 25.5 Å². The number of nitrogens with one attached hydrogen (secondary N) is 2. The average Bonchev–Trinajstić information content (AvgIpc) is 3.63. The number of thiophene rings is 1. The second-order valence-corrected chi connectivity index (χ2v) is 10.4. The molecule has 0 bridgehead atoms. The van der Waals surface area contributed by atoms with Crippen LogP contribution in [0.25, 0.3) is 10.1 Å². The monoisotopic (exact) mass is 601 g/mol. The van der Waals surface area contributed by atoms with Gasteiger partial charge in [0.25, 0.3) is 11.8 Å². The second kappa shape index (κ2) is 12.7. The molecule has 0 saturated carbocycles. The summed E-state index contributed by atoms with van der Waals surface area (Å²) >= 11 is 7.78. The number of halogens is 1. The molecule has 212 valence electrons. The molecule has 11 heteroatoms. The van der Waals surface area contributed by atoms with Gasteiger partial charge in [-0.1, -0.05) is 23.7 Å². The van der Waals surface area contributed by atoms with Crippen LogP contribution in [0.15, 0.2) is 88.6 Å². The number of aryl methyl sites for hydroxylation is 1. The fourth-order valence-corrected chi connectivity index (χ4v) is 5.45. The lowest BCUT2D eigenvalue weighted by Crippen LogP contribution is -2.17. The minimum Gasteiger partial charge on any atom is -0.490 e. The Bertz CT molecular complexity index is 1800. The highest BCUT2D eigenvalue weighted by Gasteiger charge is 2.18. The maximum Gasteiger partial charge on any atom is 0.379 e. The van der Waals surface area contributed by atoms with Crippen molar-refractivity contribution in [3.63, 3.8) is 0 Å². The Kier molecular flexibility index (Phi) is 8.66. The van der Waals surface area contributed by atoms with Gasteiger partial charge < -0.3 is 19.2 Å². The van der Waals surface area contributed by atoms with Crippen molar-refractivity contribution in [3.05, 3.63) is 111 Å². The third-order valence-corrected chi connectivity index (χ3v) is 7.62. The molecule has 0 spiro atoms. The zero-order chi connectivity index (χ0) is 29.6. The van der Waals surface area contributed by atoms with Crippen LogP contribution in [-0.4, -0.2) is 30.6 Å². The van der Waals surface area contributed by atoms with E-state index in [-0.39, 0.29) is 17.4 Å². The van der Waals surface area contributed by atoms with Crippen LogP contribution in [0.2, 0.25) is 5.02 Å². The maximum absolute atomic E-state index is 12.9. The van der Waals surface area contributed by atoms with Crippen LogP contribution in [0.1, 0.15) is 48.6 Å². The first-order chi connectivity index (χ1) is 20.3. The van der Waals surface area contributed by atoms with Crippen LogP contribution in [-0.2, 0) is 0 Å². The number of amides is 2. The zero-order valence-corrected chi connectivity index (χ0v) is 24.0. The number of carbonyl (C=O) groups is 3. The van der Waals surface area contributed by atoms with Gasteiger partial charge in [-0.3, -0.25) is 9.59 Å². The lowest BCUT2D eigenvalue weighted by atomic mass is 10.2. The molecule has 5 rings (SSSR count). The van der Waals surface area contributed by atoms with Crippen molar-refractivity contribution in [2.75, 3.05) is 11.9 Å². The molecule has 0 aliphatic heterocycles. The number of fused-ring (bicyclic) bond motifs is 1. The first kappa shape index (κ1) is 28.6. The summed E-state index contributed by atoms with van der Waals surface area (Å²) in [7, 11) is 0. The van der Waals surface area contributed by atoms with Crippen LogP contribution in [0.5, 0.6) is 11.5 Å². The standard InChI is InChI=1S/C31H24ClN3O6S/c1-3-39-25-16-19(7-13-23(25)41-31(38)24-5-4-14-40-24)17-33-35-29(36)20-8-10-21(11-9-20)34-30(37)28-27(32)22-12-6-18(2)15-26(22)42-28/h4-17H,3H2,1-2H3,(H,34,37)(H,35,36)/b33-17-. The molecule has 3 aromatic carbocycles. The van der Waals surface area contributed by atoms with Crippen molar-refractivity contribution >= 4 is 62.7 Å². The van der Waals surface area contributed by atoms with E-state index in [0.29, 0.717) is 39.1 Å². The number of carbonyl (C=O) groups excluding carboxylic acids is 3. The molecule has 0 atom stereocenters. The average molecular weight is 602 g/mol. The molecular weight excluding hydrogens is 578 g/mol. The smallest absolute Gasteiger partial charge is 0.379 e. The van der Waals surface area contributed by atoms with Crippen LogP contribution in [0.4, 0.5) is 5.69 Å². The summed E-state index contributed by atoms with van der Waals surface area (Å²) in [6.45, 7) is 4.13. The Balaban J connectivity index is 1.19. The summed E-state index contributed by atoms with van der Waals surface area (Å²) in [6.07, 6.45) is 2.81. The molecule has 0 saturated heterocycles. The number of furan rings is 1. The van der Waals surface area contributed by atoms with Crippen LogP contribution in [0, 0.1) is 6.92 Å². The van der Waals surface area contributed by atoms with Gasteiger partial charge in [0.05, 0.1) is 24.1 Å². The third kappa shape index (κ3) is 6.51. The maximum atomic E-state index is 12.9. The number of ether oxygens (including phenoxy) is 2. The predicted octanol–water partition coefficient (Wildman–Crippen LogP) is 7.09. The first-order valence-electron chi connectivity index (χ1n) is 12.8. The molecule has 0 radical (unpaired) electrons. The van der Waals surface area contributed by atoms with Crippen LogP contribution in [0.3, 0.4) is 0 Å². The van der Waals surface area contributed by atoms with Crippen molar-refractivity contribution in [2.24, 2.45) is 5.10 Å². The summed E-state index contributed by atoms with van der Waals surface area (Å²) < 4.78 is 17.0. The van der Waals surface area contributed by atoms with Crippen molar-refractivity contribution in [1.82, 2.24) is 5.43 Å². The molecule has 42 heavy (non-hydrogen) atoms. The molecular formula is C31H24ClN3O6S. The van der Waals surface area contributed by atoms with E-state index >= 15 is 0 Å². The molecule has 0 fully saturated rings. The SMILES string of the molecule is CCOc1cc(/C=N\NC(=O)c2ccc(NC(=O)c3sc4cc(C)ccc4c3Cl)cc2)ccc1OC(=O)c1ccco1. The van der Waals surface area contributed by atoms with E-state index in [1.807, 2.05) is 25.1 Å². The highest BCUT2D eigenvalue weighted by molar-refractivity contribution is 7.21. The molecule has 0 aliphatic carbocycles. The zero-order valence-electron chi connectivity index (χ0n) is 22.5. The van der Waals surface area contributed by atoms with Gasteiger partial charge in [-0.2, -0.15) is 5.10 Å². The lowest BCUT2D eigenvalue weighted by molar-refractivity contribution is 0.0694. The Labute approximate surface area is 249 Å². The van der Waals surface area contributed by atoms with Crippen molar-refractivity contribution in [3.8, 4) is 11.5 Å². The minimum atomic E-state index is -0.654. The van der Waals surface area contributed by atoms with Crippen molar-refractivity contribution < 1.29 is 28.3 Å². The summed E-state index contributed by atoms with van der Waals surface area (Å²) in [5.41, 5.74) is 5.01. The molecule has 2 amide bonds. The highest BCUT2D eigenvalue weighted by atomic mass is 35.5. The fourth-order valence-electron chi connectivity index (χ4n) is 3.94. The number of rotatable bonds is 9. The van der Waals surface area contributed by atoms with Crippen LogP contribution < -0.4 is 20.2 Å². The lowest BCUT2D eigenvalue weighted by Gasteiger charge is -2.10. The Morgan fingerprint density at radius 3 is 2.55 bits per heavy atom. The number of hydrogen-bond acceptors (Lipinski definition) is 8. The van der Waals surface area contributed by atoms with E-state index in [1.54, 1.807) is 55.5 Å². The molecule has 0 aliphatic rings. The number of benzene rings is 3. The number of anilines is 1. The van der Waals surface area contributed by atoms with Gasteiger partial charge in [0.1, 0.15) is 4.88 Å². The van der Waals surface area contributed by atoms with Gasteiger partial charge in [0.2, 0.25) is 5.76 Å². The van der Waals surface area contributed by atoms with Gasteiger partial charge in [-0.05, 0) is 85.6 Å². The molecule has 5 aromatic rings. The Hall–Kier alpha value is -4.93. The van der Waals surface area contributed by atoms with Gasteiger partial charge in [0.15, 0.2) is 11.5 Å². The van der Waals surface area contributed by atoms with E-state index in [1.165, 1.54) is 29.9 Å². The van der Waals surface area contributed by atoms with Gasteiger partial charge in [-0.25, -0.2) is 10.2 Å². The predicted molar refractivity (Wildman–Crippen MR) is 162 cm³/mol. The van der Waals surface area contributed by atoms with Gasteiger partial charge in [-0.15, -0.1) is 11.3 Å². The second-order valence-electron chi connectivity index (χ2n) is 8.98. The molecule has 0 unspecified atom stereocenters. The summed E-state index contributed by atoms with van der Waals surface area (Å²) in [5.74, 6) is -0.806. The Morgan fingerprint density at radius 1 is 1.00 bits per heavy atom. The van der Waals surface area contributed by atoms with E-state index in [2.05, 4.69) is 15.8 Å². The van der Waals surface area contributed by atoms with Crippen LogP contribution >= 0.6 is 22.9 Å². The van der Waals surface area contributed by atoms with E-state index < -0.39 is 11.9 Å². The molecule has 2 aromatic heterocycles. The summed E-state index contributed by atoms with van der Waals surface area (Å²) in [6, 6.07) is 20.2. The number of nitrogens with zero attached hydrogens (tertiary/aromatic N) is 1. The summed E-state index contributed by atoms with van der Waals surface area (Å²) in [5, 5.41) is 8.09. The largest absolute Gasteiger partial charge is 0.490 e.